The Morgan fingerprint density at radius 3 is 2.36 bits per heavy atom. The van der Waals surface area contributed by atoms with Crippen molar-refractivity contribution in [2.75, 3.05) is 5.75 Å². The van der Waals surface area contributed by atoms with Gasteiger partial charge in [0.25, 0.3) is 0 Å². The third-order valence-electron chi connectivity index (χ3n) is 4.34. The topological polar surface area (TPSA) is 73.8 Å². The third-order valence-corrected chi connectivity index (χ3v) is 5.84. The Hall–Kier alpha value is -2.02. The van der Waals surface area contributed by atoms with E-state index in [0.717, 1.165) is 35.2 Å². The van der Waals surface area contributed by atoms with E-state index in [-0.39, 0.29) is 5.75 Å². The lowest BCUT2D eigenvalue weighted by Crippen LogP contribution is -2.14. The van der Waals surface area contributed by atoms with Crippen LogP contribution in [-0.4, -0.2) is 26.4 Å². The molecule has 1 amide bonds. The van der Waals surface area contributed by atoms with Crippen LogP contribution in [0.1, 0.15) is 25.0 Å². The number of nitrogens with zero attached hydrogens (tertiary/aromatic N) is 3. The Morgan fingerprint density at radius 1 is 1.11 bits per heavy atom. The lowest BCUT2D eigenvalue weighted by molar-refractivity contribution is -0.115. The van der Waals surface area contributed by atoms with Gasteiger partial charge in [-0.05, 0) is 42.2 Å². The van der Waals surface area contributed by atoms with Crippen LogP contribution in [-0.2, 0) is 17.6 Å². The first-order valence-electron chi connectivity index (χ1n) is 8.89. The fraction of sp³-hybridized carbons (Fsp3) is 0.250. The van der Waals surface area contributed by atoms with Crippen molar-refractivity contribution in [1.82, 2.24) is 14.8 Å². The normalized spacial score (nSPS) is 11.0. The first-order chi connectivity index (χ1) is 13.5. The average molecular weight is 435 g/mol. The molecule has 0 aliphatic carbocycles. The third kappa shape index (κ3) is 4.19. The van der Waals surface area contributed by atoms with Crippen LogP contribution < -0.4 is 5.73 Å². The molecule has 8 heteroatoms. The lowest BCUT2D eigenvalue weighted by atomic mass is 10.0. The lowest BCUT2D eigenvalue weighted by Gasteiger charge is -2.18. The van der Waals surface area contributed by atoms with Crippen LogP contribution >= 0.6 is 35.0 Å². The first-order valence-corrected chi connectivity index (χ1v) is 10.6. The average Bonchev–Trinajstić information content (AvgIpc) is 3.08. The van der Waals surface area contributed by atoms with Crippen molar-refractivity contribution in [1.29, 1.82) is 0 Å². The van der Waals surface area contributed by atoms with Gasteiger partial charge in [-0.3, -0.25) is 9.36 Å². The summed E-state index contributed by atoms with van der Waals surface area (Å²) in [5.41, 5.74) is 9.40. The van der Waals surface area contributed by atoms with E-state index in [1.165, 1.54) is 11.8 Å². The second-order valence-electron chi connectivity index (χ2n) is 6.15. The van der Waals surface area contributed by atoms with Crippen LogP contribution in [0.2, 0.25) is 10.0 Å². The standard InChI is InChI=1S/C20H20Cl2N4OS/c1-3-12-6-5-7-13(4-2)18(12)26-19(15-9-8-14(21)10-16(15)22)24-25-20(26)28-11-17(23)27/h5-10H,3-4,11H2,1-2H3,(H2,23,27). The van der Waals surface area contributed by atoms with Crippen molar-refractivity contribution in [3.63, 3.8) is 0 Å². The van der Waals surface area contributed by atoms with Gasteiger partial charge in [-0.25, -0.2) is 0 Å². The molecule has 1 heterocycles. The van der Waals surface area contributed by atoms with Gasteiger partial charge in [0, 0.05) is 10.6 Å². The molecule has 0 unspecified atom stereocenters. The highest BCUT2D eigenvalue weighted by atomic mass is 35.5. The minimum atomic E-state index is -0.412. The second kappa shape index (κ2) is 8.99. The molecular formula is C20H20Cl2N4OS. The van der Waals surface area contributed by atoms with Gasteiger partial charge in [-0.2, -0.15) is 0 Å². The predicted molar refractivity (Wildman–Crippen MR) is 115 cm³/mol. The maximum atomic E-state index is 11.3. The van der Waals surface area contributed by atoms with Gasteiger partial charge < -0.3 is 5.73 Å². The molecule has 2 N–H and O–H groups in total. The fourth-order valence-electron chi connectivity index (χ4n) is 3.05. The summed E-state index contributed by atoms with van der Waals surface area (Å²) in [6.45, 7) is 4.21. The molecule has 2 aromatic carbocycles. The Balaban J connectivity index is 2.29. The van der Waals surface area contributed by atoms with E-state index >= 15 is 0 Å². The summed E-state index contributed by atoms with van der Waals surface area (Å²) in [4.78, 5) is 11.3. The zero-order valence-corrected chi connectivity index (χ0v) is 17.9. The first kappa shape index (κ1) is 20.7. The minimum absolute atomic E-state index is 0.113. The van der Waals surface area contributed by atoms with Crippen molar-refractivity contribution < 1.29 is 4.79 Å². The monoisotopic (exact) mass is 434 g/mol. The van der Waals surface area contributed by atoms with Crippen molar-refractivity contribution in [2.24, 2.45) is 5.73 Å². The molecule has 1 aromatic heterocycles. The maximum Gasteiger partial charge on any atom is 0.227 e. The number of aromatic nitrogens is 3. The number of hydrogen-bond donors (Lipinski definition) is 1. The summed E-state index contributed by atoms with van der Waals surface area (Å²) in [6, 6.07) is 11.5. The van der Waals surface area contributed by atoms with Crippen molar-refractivity contribution in [2.45, 2.75) is 31.8 Å². The Bertz CT molecular complexity index is 997. The molecule has 3 rings (SSSR count). The maximum absolute atomic E-state index is 11.3. The molecule has 0 aliphatic rings. The summed E-state index contributed by atoms with van der Waals surface area (Å²) in [7, 11) is 0. The molecule has 3 aromatic rings. The number of amides is 1. The zero-order chi connectivity index (χ0) is 20.3. The number of hydrogen-bond acceptors (Lipinski definition) is 4. The van der Waals surface area contributed by atoms with Gasteiger partial charge >= 0.3 is 0 Å². The van der Waals surface area contributed by atoms with Crippen LogP contribution in [0.4, 0.5) is 0 Å². The zero-order valence-electron chi connectivity index (χ0n) is 15.6. The van der Waals surface area contributed by atoms with Gasteiger partial charge in [0.1, 0.15) is 0 Å². The molecule has 28 heavy (non-hydrogen) atoms. The van der Waals surface area contributed by atoms with E-state index < -0.39 is 5.91 Å². The smallest absolute Gasteiger partial charge is 0.227 e. The van der Waals surface area contributed by atoms with Gasteiger partial charge in [0.2, 0.25) is 5.91 Å². The molecule has 0 radical (unpaired) electrons. The molecule has 0 saturated heterocycles. The summed E-state index contributed by atoms with van der Waals surface area (Å²) in [6.07, 6.45) is 1.68. The van der Waals surface area contributed by atoms with Crippen LogP contribution in [0.5, 0.6) is 0 Å². The van der Waals surface area contributed by atoms with Gasteiger partial charge in [0.15, 0.2) is 11.0 Å². The number of aryl methyl sites for hydroxylation is 2. The SMILES string of the molecule is CCc1cccc(CC)c1-n1c(SCC(N)=O)nnc1-c1ccc(Cl)cc1Cl. The number of carbonyl (C=O) groups excluding carboxylic acids is 1. The van der Waals surface area contributed by atoms with E-state index in [0.29, 0.717) is 21.0 Å². The summed E-state index contributed by atoms with van der Waals surface area (Å²) in [5.74, 6) is 0.303. The summed E-state index contributed by atoms with van der Waals surface area (Å²) >= 11 is 13.8. The largest absolute Gasteiger partial charge is 0.369 e. The van der Waals surface area contributed by atoms with Crippen LogP contribution in [0.25, 0.3) is 17.1 Å². The Kier molecular flexibility index (Phi) is 6.65. The second-order valence-corrected chi connectivity index (χ2v) is 7.94. The number of nitrogens with two attached hydrogens (primary N) is 1. The molecule has 0 atom stereocenters. The highest BCUT2D eigenvalue weighted by molar-refractivity contribution is 7.99. The van der Waals surface area contributed by atoms with Gasteiger partial charge in [-0.1, -0.05) is 67.0 Å². The van der Waals surface area contributed by atoms with Crippen LogP contribution in [0.3, 0.4) is 0 Å². The number of benzene rings is 2. The van der Waals surface area contributed by atoms with E-state index in [9.17, 15) is 4.79 Å². The number of primary amides is 1. The Morgan fingerprint density at radius 2 is 1.79 bits per heavy atom. The van der Waals surface area contributed by atoms with Crippen LogP contribution in [0, 0.1) is 0 Å². The molecular weight excluding hydrogens is 415 g/mol. The Labute approximate surface area is 178 Å². The number of para-hydroxylation sites is 1. The van der Waals surface area contributed by atoms with Crippen molar-refractivity contribution >= 4 is 40.9 Å². The number of halogens is 2. The van der Waals surface area contributed by atoms with Gasteiger partial charge in [-0.15, -0.1) is 10.2 Å². The predicted octanol–water partition coefficient (Wildman–Crippen LogP) is 4.94. The van der Waals surface area contributed by atoms with Crippen molar-refractivity contribution in [3.05, 3.63) is 57.6 Å². The number of carbonyl (C=O) groups is 1. The molecule has 0 bridgehead atoms. The number of thioether (sulfide) groups is 1. The van der Waals surface area contributed by atoms with E-state index in [1.54, 1.807) is 12.1 Å². The summed E-state index contributed by atoms with van der Waals surface area (Å²) in [5, 5.41) is 10.4. The molecule has 0 spiro atoms. The quantitative estimate of drug-likeness (QED) is 0.534. The summed E-state index contributed by atoms with van der Waals surface area (Å²) < 4.78 is 1.97. The fourth-order valence-corrected chi connectivity index (χ4v) is 4.22. The minimum Gasteiger partial charge on any atom is -0.369 e. The molecule has 0 aliphatic heterocycles. The van der Waals surface area contributed by atoms with E-state index in [4.69, 9.17) is 28.9 Å². The molecule has 5 nitrogen and oxygen atoms in total. The highest BCUT2D eigenvalue weighted by Gasteiger charge is 2.22. The highest BCUT2D eigenvalue weighted by Crippen LogP contribution is 2.35. The van der Waals surface area contributed by atoms with E-state index in [2.05, 4.69) is 42.2 Å². The number of rotatable bonds is 7. The van der Waals surface area contributed by atoms with Crippen LogP contribution in [0.15, 0.2) is 41.6 Å². The molecule has 0 saturated carbocycles. The van der Waals surface area contributed by atoms with Crippen molar-refractivity contribution in [3.8, 4) is 17.1 Å². The molecule has 146 valence electrons. The molecule has 0 fully saturated rings. The van der Waals surface area contributed by atoms with E-state index in [1.807, 2.05) is 10.6 Å². The van der Waals surface area contributed by atoms with Gasteiger partial charge in [0.05, 0.1) is 16.5 Å².